The number of rotatable bonds is 8. The van der Waals surface area contributed by atoms with Gasteiger partial charge in [0.2, 0.25) is 0 Å². The third-order valence-corrected chi connectivity index (χ3v) is 3.47. The lowest BCUT2D eigenvalue weighted by Gasteiger charge is -2.04. The van der Waals surface area contributed by atoms with Crippen LogP contribution in [0.15, 0.2) is 35.2 Å². The molecule has 0 aliphatic rings. The smallest absolute Gasteiger partial charge is 0.331 e. The maximum atomic E-state index is 11.5. The molecular formula is C16H21NO3S. The standard InChI is InChI=1S/C16H21NO3S/c1-3-4-11-17-15(18)12-20-16(19)10-7-13-5-8-14(21-2)9-6-13/h5-10H,3-4,11-12H2,1-2H3,(H,17,18)/b10-7+. The first-order chi connectivity index (χ1) is 10.2. The predicted octanol–water partition coefficient (Wildman–Crippen LogP) is 2.88. The SMILES string of the molecule is CCCCNC(=O)COC(=O)/C=C/c1ccc(SC)cc1. The van der Waals surface area contributed by atoms with E-state index >= 15 is 0 Å². The van der Waals surface area contributed by atoms with Crippen molar-refractivity contribution in [3.63, 3.8) is 0 Å². The number of unbranched alkanes of at least 4 members (excludes halogenated alkanes) is 1. The van der Waals surface area contributed by atoms with Crippen molar-refractivity contribution < 1.29 is 14.3 Å². The maximum absolute atomic E-state index is 11.5. The molecule has 0 radical (unpaired) electrons. The highest BCUT2D eigenvalue weighted by atomic mass is 32.2. The molecule has 0 heterocycles. The van der Waals surface area contributed by atoms with Crippen molar-refractivity contribution in [1.29, 1.82) is 0 Å². The van der Waals surface area contributed by atoms with E-state index in [1.807, 2.05) is 37.4 Å². The topological polar surface area (TPSA) is 55.4 Å². The lowest BCUT2D eigenvalue weighted by atomic mass is 10.2. The monoisotopic (exact) mass is 307 g/mol. The fourth-order valence-corrected chi connectivity index (χ4v) is 1.93. The molecule has 21 heavy (non-hydrogen) atoms. The van der Waals surface area contributed by atoms with Gasteiger partial charge in [0.15, 0.2) is 6.61 Å². The van der Waals surface area contributed by atoms with E-state index < -0.39 is 5.97 Å². The van der Waals surface area contributed by atoms with E-state index in [1.165, 1.54) is 11.0 Å². The molecule has 0 bridgehead atoms. The number of ether oxygens (including phenoxy) is 1. The van der Waals surface area contributed by atoms with Crippen LogP contribution in [0.1, 0.15) is 25.3 Å². The average Bonchev–Trinajstić information content (AvgIpc) is 2.51. The third kappa shape index (κ3) is 7.56. The number of esters is 1. The second-order valence-electron chi connectivity index (χ2n) is 4.42. The molecular weight excluding hydrogens is 286 g/mol. The van der Waals surface area contributed by atoms with Crippen molar-refractivity contribution >= 4 is 29.7 Å². The molecule has 0 aliphatic carbocycles. The van der Waals surface area contributed by atoms with Crippen molar-refractivity contribution in [2.45, 2.75) is 24.7 Å². The van der Waals surface area contributed by atoms with Gasteiger partial charge in [0.25, 0.3) is 5.91 Å². The van der Waals surface area contributed by atoms with Crippen molar-refractivity contribution in [3.05, 3.63) is 35.9 Å². The molecule has 0 aliphatic heterocycles. The van der Waals surface area contributed by atoms with Gasteiger partial charge in [0.1, 0.15) is 0 Å². The fraction of sp³-hybridized carbons (Fsp3) is 0.375. The highest BCUT2D eigenvalue weighted by Gasteiger charge is 2.03. The second-order valence-corrected chi connectivity index (χ2v) is 5.30. The average molecular weight is 307 g/mol. The lowest BCUT2D eigenvalue weighted by molar-refractivity contribution is -0.143. The summed E-state index contributed by atoms with van der Waals surface area (Å²) in [5.41, 5.74) is 0.914. The van der Waals surface area contributed by atoms with Crippen LogP contribution in [-0.4, -0.2) is 31.3 Å². The van der Waals surface area contributed by atoms with E-state index in [1.54, 1.807) is 17.8 Å². The van der Waals surface area contributed by atoms with E-state index in [4.69, 9.17) is 4.74 Å². The second kappa shape index (κ2) is 10.0. The maximum Gasteiger partial charge on any atom is 0.331 e. The summed E-state index contributed by atoms with van der Waals surface area (Å²) in [5.74, 6) is -0.788. The van der Waals surface area contributed by atoms with Crippen molar-refractivity contribution in [2.24, 2.45) is 0 Å². The molecule has 0 saturated carbocycles. The Bertz CT molecular complexity index is 483. The molecule has 5 heteroatoms. The Kier molecular flexibility index (Phi) is 8.28. The molecule has 4 nitrogen and oxygen atoms in total. The van der Waals surface area contributed by atoms with Gasteiger partial charge in [-0.25, -0.2) is 4.79 Å². The Labute approximate surface area is 130 Å². The fourth-order valence-electron chi connectivity index (χ4n) is 1.52. The van der Waals surface area contributed by atoms with Crippen LogP contribution in [-0.2, 0) is 14.3 Å². The number of thioether (sulfide) groups is 1. The highest BCUT2D eigenvalue weighted by molar-refractivity contribution is 7.98. The highest BCUT2D eigenvalue weighted by Crippen LogP contribution is 2.15. The first kappa shape index (κ1) is 17.3. The normalized spacial score (nSPS) is 10.6. The van der Waals surface area contributed by atoms with Crippen molar-refractivity contribution in [1.82, 2.24) is 5.32 Å². The summed E-state index contributed by atoms with van der Waals surface area (Å²) < 4.78 is 4.86. The number of carbonyl (C=O) groups excluding carboxylic acids is 2. The third-order valence-electron chi connectivity index (χ3n) is 2.73. The molecule has 0 spiro atoms. The Balaban J connectivity index is 2.32. The quantitative estimate of drug-likeness (QED) is 0.347. The minimum Gasteiger partial charge on any atom is -0.452 e. The summed E-state index contributed by atoms with van der Waals surface area (Å²) in [6.45, 7) is 2.42. The number of carbonyl (C=O) groups is 2. The first-order valence-electron chi connectivity index (χ1n) is 6.91. The Morgan fingerprint density at radius 1 is 1.29 bits per heavy atom. The number of nitrogens with one attached hydrogen (secondary N) is 1. The molecule has 114 valence electrons. The van der Waals surface area contributed by atoms with Crippen LogP contribution in [0, 0.1) is 0 Å². The van der Waals surface area contributed by atoms with Crippen LogP contribution in [0.4, 0.5) is 0 Å². The number of hydrogen-bond donors (Lipinski definition) is 1. The molecule has 1 rings (SSSR count). The number of hydrogen-bond acceptors (Lipinski definition) is 4. The van der Waals surface area contributed by atoms with Crippen LogP contribution in [0.3, 0.4) is 0 Å². The van der Waals surface area contributed by atoms with Crippen molar-refractivity contribution in [2.75, 3.05) is 19.4 Å². The van der Waals surface area contributed by atoms with Gasteiger partial charge in [0, 0.05) is 17.5 Å². The Morgan fingerprint density at radius 2 is 2.00 bits per heavy atom. The van der Waals surface area contributed by atoms with Gasteiger partial charge in [-0.05, 0) is 36.4 Å². The minimum atomic E-state index is -0.519. The molecule has 1 aromatic carbocycles. The van der Waals surface area contributed by atoms with E-state index in [2.05, 4.69) is 5.32 Å². The summed E-state index contributed by atoms with van der Waals surface area (Å²) in [4.78, 5) is 24.0. The Morgan fingerprint density at radius 3 is 2.62 bits per heavy atom. The van der Waals surface area contributed by atoms with Gasteiger partial charge in [-0.2, -0.15) is 0 Å². The zero-order valence-electron chi connectivity index (χ0n) is 12.4. The van der Waals surface area contributed by atoms with E-state index in [0.29, 0.717) is 6.54 Å². The van der Waals surface area contributed by atoms with Crippen LogP contribution in [0.2, 0.25) is 0 Å². The molecule has 0 unspecified atom stereocenters. The molecule has 1 amide bonds. The largest absolute Gasteiger partial charge is 0.452 e. The minimum absolute atomic E-state index is 0.238. The van der Waals surface area contributed by atoms with E-state index in [9.17, 15) is 9.59 Å². The number of benzene rings is 1. The zero-order chi connectivity index (χ0) is 15.5. The van der Waals surface area contributed by atoms with Gasteiger partial charge in [-0.3, -0.25) is 4.79 Å². The zero-order valence-corrected chi connectivity index (χ0v) is 13.2. The van der Waals surface area contributed by atoms with Crippen LogP contribution < -0.4 is 5.32 Å². The molecule has 1 N–H and O–H groups in total. The van der Waals surface area contributed by atoms with Gasteiger partial charge >= 0.3 is 5.97 Å². The van der Waals surface area contributed by atoms with Crippen molar-refractivity contribution in [3.8, 4) is 0 Å². The van der Waals surface area contributed by atoms with Crippen LogP contribution >= 0.6 is 11.8 Å². The van der Waals surface area contributed by atoms with Gasteiger partial charge in [0.05, 0.1) is 0 Å². The van der Waals surface area contributed by atoms with Gasteiger partial charge in [-0.15, -0.1) is 11.8 Å². The summed E-state index contributed by atoms with van der Waals surface area (Å²) in [5, 5.41) is 2.68. The Hall–Kier alpha value is -1.75. The van der Waals surface area contributed by atoms with Gasteiger partial charge < -0.3 is 10.1 Å². The number of amides is 1. The van der Waals surface area contributed by atoms with Crippen LogP contribution in [0.25, 0.3) is 6.08 Å². The molecule has 0 atom stereocenters. The van der Waals surface area contributed by atoms with E-state index in [0.717, 1.165) is 18.4 Å². The van der Waals surface area contributed by atoms with E-state index in [-0.39, 0.29) is 12.5 Å². The summed E-state index contributed by atoms with van der Waals surface area (Å²) in [7, 11) is 0. The molecule has 1 aromatic rings. The lowest BCUT2D eigenvalue weighted by Crippen LogP contribution is -2.29. The summed E-state index contributed by atoms with van der Waals surface area (Å²) >= 11 is 1.66. The van der Waals surface area contributed by atoms with Gasteiger partial charge in [-0.1, -0.05) is 25.5 Å². The summed E-state index contributed by atoms with van der Waals surface area (Å²) in [6, 6.07) is 7.81. The van der Waals surface area contributed by atoms with Crippen LogP contribution in [0.5, 0.6) is 0 Å². The first-order valence-corrected chi connectivity index (χ1v) is 8.13. The molecule has 0 saturated heterocycles. The summed E-state index contributed by atoms with van der Waals surface area (Å²) in [6.07, 6.45) is 6.94. The molecule has 0 fully saturated rings. The predicted molar refractivity (Wildman–Crippen MR) is 86.1 cm³/mol. The molecule has 0 aromatic heterocycles.